The van der Waals surface area contributed by atoms with Gasteiger partial charge in [0.1, 0.15) is 0 Å². The Morgan fingerprint density at radius 1 is 0.585 bits per heavy atom. The number of aryl methyl sites for hydroxylation is 2. The van der Waals surface area contributed by atoms with Crippen LogP contribution in [0.3, 0.4) is 0 Å². The van der Waals surface area contributed by atoms with Crippen molar-refractivity contribution in [3.63, 3.8) is 0 Å². The Morgan fingerprint density at radius 3 is 1.41 bits per heavy atom. The SMILES string of the molecule is Cc1ccccc1-c1cccc2c1C=C[CH]2[Hf]([CH3])([CH3])([CH3])(=[CH]CC(C)C)[CH]1C=Cc2c(-c3ccccc3C)cccc21. The molecule has 0 aromatic heterocycles. The molecule has 0 amide bonds. The number of hydrogen-bond donors (Lipinski definition) is 0. The van der Waals surface area contributed by atoms with Gasteiger partial charge in [0.25, 0.3) is 0 Å². The molecule has 0 bridgehead atoms. The molecule has 1 heteroatoms. The van der Waals surface area contributed by atoms with E-state index >= 15 is 0 Å². The van der Waals surface area contributed by atoms with E-state index in [1.807, 2.05) is 0 Å². The van der Waals surface area contributed by atoms with Gasteiger partial charge in [-0.25, -0.2) is 0 Å². The van der Waals surface area contributed by atoms with Gasteiger partial charge >= 0.3 is 247 Å². The monoisotopic (exact) mass is 705 g/mol. The van der Waals surface area contributed by atoms with Crippen molar-refractivity contribution >= 4 is 15.9 Å². The molecule has 0 saturated heterocycles. The van der Waals surface area contributed by atoms with E-state index < -0.39 is 16.5 Å². The van der Waals surface area contributed by atoms with Crippen LogP contribution in [0.4, 0.5) is 0 Å². The average Bonchev–Trinajstić information content (AvgIpc) is 3.60. The van der Waals surface area contributed by atoms with E-state index in [9.17, 15) is 0 Å². The number of rotatable bonds is 6. The Bertz CT molecular complexity index is 1700. The summed E-state index contributed by atoms with van der Waals surface area (Å²) in [6.07, 6.45) is 11.3. The predicted octanol–water partition coefficient (Wildman–Crippen LogP) is 11.7. The van der Waals surface area contributed by atoms with Crippen LogP contribution in [0.2, 0.25) is 14.0 Å². The van der Waals surface area contributed by atoms with E-state index in [1.165, 1.54) is 55.6 Å². The van der Waals surface area contributed by atoms with Gasteiger partial charge in [-0.2, -0.15) is 0 Å². The molecule has 0 fully saturated rings. The third-order valence-electron chi connectivity index (χ3n) is 10.8. The normalized spacial score (nSPS) is 19.1. The molecule has 0 spiro atoms. The fourth-order valence-corrected chi connectivity index (χ4v) is 34.1. The molecule has 0 saturated carbocycles. The fraction of sp³-hybridized carbons (Fsp3) is 0.275. The van der Waals surface area contributed by atoms with Crippen molar-refractivity contribution in [1.29, 1.82) is 0 Å². The van der Waals surface area contributed by atoms with E-state index in [2.05, 4.69) is 155 Å². The van der Waals surface area contributed by atoms with Crippen LogP contribution in [-0.2, 0) is 16.5 Å². The van der Waals surface area contributed by atoms with E-state index in [0.717, 1.165) is 6.42 Å². The summed E-state index contributed by atoms with van der Waals surface area (Å²) < 4.78 is 12.0. The average molecular weight is 704 g/mol. The second-order valence-electron chi connectivity index (χ2n) is 15.4. The Morgan fingerprint density at radius 2 is 1.00 bits per heavy atom. The van der Waals surface area contributed by atoms with Crippen molar-refractivity contribution in [1.82, 2.24) is 0 Å². The molecule has 41 heavy (non-hydrogen) atoms. The van der Waals surface area contributed by atoms with E-state index in [-0.39, 0.29) is 0 Å². The molecule has 6 rings (SSSR count). The molecule has 0 nitrogen and oxygen atoms in total. The van der Waals surface area contributed by atoms with Crippen LogP contribution >= 0.6 is 0 Å². The molecule has 209 valence electrons. The van der Waals surface area contributed by atoms with Crippen molar-refractivity contribution in [2.75, 3.05) is 0 Å². The van der Waals surface area contributed by atoms with E-state index in [1.54, 1.807) is 0 Å². The first-order valence-electron chi connectivity index (χ1n) is 15.5. The Kier molecular flexibility index (Phi) is 6.59. The molecule has 2 aliphatic carbocycles. The topological polar surface area (TPSA) is 0 Å². The van der Waals surface area contributed by atoms with Crippen LogP contribution in [0.25, 0.3) is 34.4 Å². The zero-order valence-corrected chi connectivity index (χ0v) is 29.5. The third kappa shape index (κ3) is 4.47. The molecule has 4 aromatic rings. The molecular weight excluding hydrogens is 659 g/mol. The van der Waals surface area contributed by atoms with Crippen molar-refractivity contribution in [2.24, 2.45) is 5.92 Å². The van der Waals surface area contributed by atoms with Crippen LogP contribution < -0.4 is 0 Å². The van der Waals surface area contributed by atoms with Gasteiger partial charge in [-0.1, -0.05) is 0 Å². The summed E-state index contributed by atoms with van der Waals surface area (Å²) >= 11 is -4.51. The van der Waals surface area contributed by atoms with Gasteiger partial charge in [-0.15, -0.1) is 0 Å². The summed E-state index contributed by atoms with van der Waals surface area (Å²) in [7, 11) is 0. The molecular formula is C40H45Hf. The first-order chi connectivity index (χ1) is 19.4. The maximum atomic E-state index is 2.90. The first kappa shape index (κ1) is 28.2. The second kappa shape index (κ2) is 9.56. The fourth-order valence-electron chi connectivity index (χ4n) is 8.16. The standard InChI is InChI=1S/2C16H13.C5H10.3CH3.Hf/c2*1-12-6-2-3-9-14(12)16-11-5-8-13-7-4-10-15(13)16;1-4-5(2)3;;;;/h2*2-11H,1H3;1,5H,4H2,2-3H3;3*1H3;. The van der Waals surface area contributed by atoms with Gasteiger partial charge in [0.2, 0.25) is 0 Å². The van der Waals surface area contributed by atoms with Crippen LogP contribution in [-0.4, -0.2) is 3.76 Å². The van der Waals surface area contributed by atoms with Gasteiger partial charge in [0.05, 0.1) is 0 Å². The number of allylic oxidation sites excluding steroid dienone is 2. The van der Waals surface area contributed by atoms with Gasteiger partial charge in [0.15, 0.2) is 0 Å². The first-order valence-corrected chi connectivity index (χ1v) is 32.5. The number of hydrogen-bond acceptors (Lipinski definition) is 0. The van der Waals surface area contributed by atoms with Gasteiger partial charge in [-0.05, 0) is 0 Å². The van der Waals surface area contributed by atoms with Crippen LogP contribution in [0.1, 0.15) is 61.0 Å². The quantitative estimate of drug-likeness (QED) is 0.175. The van der Waals surface area contributed by atoms with Gasteiger partial charge in [-0.3, -0.25) is 0 Å². The molecule has 0 heterocycles. The van der Waals surface area contributed by atoms with E-state index in [4.69, 9.17) is 0 Å². The Hall–Kier alpha value is -2.90. The molecule has 2 aliphatic rings. The molecule has 0 aliphatic heterocycles. The maximum absolute atomic E-state index is 4.51. The molecule has 2 atom stereocenters. The summed E-state index contributed by atoms with van der Waals surface area (Å²) in [4.78, 5) is 0. The van der Waals surface area contributed by atoms with Crippen molar-refractivity contribution < 1.29 is 16.5 Å². The van der Waals surface area contributed by atoms with Gasteiger partial charge in [0, 0.05) is 0 Å². The number of benzene rings is 4. The minimum absolute atomic E-state index is 0.422. The molecule has 0 N–H and O–H groups in total. The third-order valence-corrected chi connectivity index (χ3v) is 39.9. The number of fused-ring (bicyclic) bond motifs is 2. The zero-order valence-electron chi connectivity index (χ0n) is 25.9. The summed E-state index contributed by atoms with van der Waals surface area (Å²) in [5.74, 6) is 0.631. The van der Waals surface area contributed by atoms with Crippen molar-refractivity contribution in [3.8, 4) is 22.3 Å². The second-order valence-corrected chi connectivity index (χ2v) is 54.3. The van der Waals surface area contributed by atoms with Crippen LogP contribution in [0.15, 0.2) is 97.1 Å². The van der Waals surface area contributed by atoms with Crippen molar-refractivity contribution in [2.45, 2.75) is 55.5 Å². The molecule has 0 radical (unpaired) electrons. The zero-order chi connectivity index (χ0) is 29.1. The van der Waals surface area contributed by atoms with Crippen LogP contribution in [0, 0.1) is 19.8 Å². The van der Waals surface area contributed by atoms with Crippen molar-refractivity contribution in [3.05, 3.63) is 130 Å². The van der Waals surface area contributed by atoms with E-state index in [0.29, 0.717) is 13.3 Å². The van der Waals surface area contributed by atoms with Crippen LogP contribution in [0.5, 0.6) is 0 Å². The summed E-state index contributed by atoms with van der Waals surface area (Å²) in [5.41, 5.74) is 14.0. The molecule has 4 aromatic carbocycles. The molecule has 2 unspecified atom stereocenters. The summed E-state index contributed by atoms with van der Waals surface area (Å²) in [5, 5.41) is 0. The Balaban J connectivity index is 1.58. The van der Waals surface area contributed by atoms with Gasteiger partial charge < -0.3 is 0 Å². The predicted molar refractivity (Wildman–Crippen MR) is 180 cm³/mol. The summed E-state index contributed by atoms with van der Waals surface area (Å²) in [6.45, 7) is 9.22. The minimum atomic E-state index is -4.51. The summed E-state index contributed by atoms with van der Waals surface area (Å²) in [6, 6.07) is 31.8. The Labute approximate surface area is 245 Å².